The van der Waals surface area contributed by atoms with Gasteiger partial charge in [-0.2, -0.15) is 10.1 Å². The second kappa shape index (κ2) is 4.11. The van der Waals surface area contributed by atoms with Gasteiger partial charge >= 0.3 is 5.97 Å². The third kappa shape index (κ3) is 2.15. The summed E-state index contributed by atoms with van der Waals surface area (Å²) in [7, 11) is 1.68. The largest absolute Gasteiger partial charge is 0.481 e. The molecule has 1 aromatic heterocycles. The Morgan fingerprint density at radius 1 is 1.62 bits per heavy atom. The molecule has 1 rings (SSSR count). The molecule has 0 amide bonds. The fourth-order valence-corrected chi connectivity index (χ4v) is 1.38. The molecule has 0 radical (unpaired) electrons. The predicted molar refractivity (Wildman–Crippen MR) is 59.7 cm³/mol. The molecule has 0 saturated carbocycles. The quantitative estimate of drug-likeness (QED) is 0.787. The summed E-state index contributed by atoms with van der Waals surface area (Å²) in [5.74, 6) is -0.0753. The van der Waals surface area contributed by atoms with Gasteiger partial charge in [0.2, 0.25) is 5.95 Å². The van der Waals surface area contributed by atoms with Crippen LogP contribution in [0.15, 0.2) is 0 Å². The van der Waals surface area contributed by atoms with Gasteiger partial charge in [-0.1, -0.05) is 13.8 Å². The number of anilines is 1. The number of carboxylic acid groups (broad SMARTS) is 1. The van der Waals surface area contributed by atoms with Crippen molar-refractivity contribution in [3.05, 3.63) is 5.82 Å². The third-order valence-electron chi connectivity index (χ3n) is 3.13. The Labute approximate surface area is 94.5 Å². The highest BCUT2D eigenvalue weighted by Gasteiger charge is 2.38. The number of aryl methyl sites for hydroxylation is 1. The third-order valence-corrected chi connectivity index (χ3v) is 3.13. The van der Waals surface area contributed by atoms with Gasteiger partial charge in [-0.15, -0.1) is 0 Å². The van der Waals surface area contributed by atoms with Crippen molar-refractivity contribution >= 4 is 11.9 Å². The van der Waals surface area contributed by atoms with E-state index in [4.69, 9.17) is 5.73 Å². The van der Waals surface area contributed by atoms with E-state index in [1.54, 1.807) is 14.0 Å². The van der Waals surface area contributed by atoms with Crippen molar-refractivity contribution in [3.8, 4) is 0 Å². The summed E-state index contributed by atoms with van der Waals surface area (Å²) in [6.45, 7) is 5.45. The van der Waals surface area contributed by atoms with Crippen LogP contribution >= 0.6 is 0 Å². The van der Waals surface area contributed by atoms with Crippen molar-refractivity contribution in [3.63, 3.8) is 0 Å². The second-order valence-corrected chi connectivity index (χ2v) is 4.56. The van der Waals surface area contributed by atoms with Crippen LogP contribution in [0.2, 0.25) is 0 Å². The Hall–Kier alpha value is -1.59. The van der Waals surface area contributed by atoms with Crippen molar-refractivity contribution in [2.45, 2.75) is 27.2 Å². The van der Waals surface area contributed by atoms with Crippen LogP contribution in [0.5, 0.6) is 0 Å². The average Bonchev–Trinajstić information content (AvgIpc) is 2.44. The predicted octanol–water partition coefficient (Wildman–Crippen LogP) is 0.687. The summed E-state index contributed by atoms with van der Waals surface area (Å²) in [6, 6.07) is 0. The molecule has 0 aromatic carbocycles. The number of carbonyl (C=O) groups is 1. The molecule has 0 aliphatic heterocycles. The molecule has 6 heteroatoms. The summed E-state index contributed by atoms with van der Waals surface area (Å²) < 4.78 is 1.44. The highest BCUT2D eigenvalue weighted by molar-refractivity contribution is 5.74. The summed E-state index contributed by atoms with van der Waals surface area (Å²) in [5, 5.41) is 13.3. The van der Waals surface area contributed by atoms with Crippen molar-refractivity contribution < 1.29 is 9.90 Å². The SMILES string of the molecule is CC(C)C(C)(Cc1nc(N)n(C)n1)C(=O)O. The minimum Gasteiger partial charge on any atom is -0.481 e. The lowest BCUT2D eigenvalue weighted by atomic mass is 9.76. The summed E-state index contributed by atoms with van der Waals surface area (Å²) in [4.78, 5) is 15.3. The fourth-order valence-electron chi connectivity index (χ4n) is 1.38. The number of hydrogen-bond donors (Lipinski definition) is 2. The van der Waals surface area contributed by atoms with Crippen molar-refractivity contribution in [2.75, 3.05) is 5.73 Å². The maximum Gasteiger partial charge on any atom is 0.310 e. The smallest absolute Gasteiger partial charge is 0.310 e. The van der Waals surface area contributed by atoms with E-state index in [-0.39, 0.29) is 12.3 Å². The highest BCUT2D eigenvalue weighted by Crippen LogP contribution is 2.30. The molecule has 1 unspecified atom stereocenters. The van der Waals surface area contributed by atoms with Gasteiger partial charge in [0.15, 0.2) is 5.82 Å². The lowest BCUT2D eigenvalue weighted by Crippen LogP contribution is -2.35. The molecular formula is C10H18N4O2. The van der Waals surface area contributed by atoms with E-state index in [0.717, 1.165) is 0 Å². The zero-order chi connectivity index (χ0) is 12.5. The average molecular weight is 226 g/mol. The second-order valence-electron chi connectivity index (χ2n) is 4.56. The van der Waals surface area contributed by atoms with E-state index in [1.807, 2.05) is 13.8 Å². The van der Waals surface area contributed by atoms with Crippen LogP contribution in [0, 0.1) is 11.3 Å². The molecule has 90 valence electrons. The zero-order valence-corrected chi connectivity index (χ0v) is 10.1. The Balaban J connectivity index is 2.97. The van der Waals surface area contributed by atoms with E-state index >= 15 is 0 Å². The van der Waals surface area contributed by atoms with Crippen LogP contribution in [0.3, 0.4) is 0 Å². The summed E-state index contributed by atoms with van der Waals surface area (Å²) >= 11 is 0. The number of nitrogen functional groups attached to an aromatic ring is 1. The molecule has 0 saturated heterocycles. The van der Waals surface area contributed by atoms with Crippen LogP contribution in [0.25, 0.3) is 0 Å². The minimum atomic E-state index is -0.867. The number of aromatic nitrogens is 3. The summed E-state index contributed by atoms with van der Waals surface area (Å²) in [6.07, 6.45) is 0.283. The Bertz CT molecular complexity index is 380. The molecule has 0 aliphatic rings. The van der Waals surface area contributed by atoms with Crippen LogP contribution in [0.1, 0.15) is 26.6 Å². The molecule has 3 N–H and O–H groups in total. The lowest BCUT2D eigenvalue weighted by molar-refractivity contribution is -0.150. The maximum atomic E-state index is 11.3. The van der Waals surface area contributed by atoms with Gasteiger partial charge in [-0.3, -0.25) is 4.79 Å². The fraction of sp³-hybridized carbons (Fsp3) is 0.700. The molecule has 0 aliphatic carbocycles. The first-order chi connectivity index (χ1) is 7.27. The molecule has 1 aromatic rings. The van der Waals surface area contributed by atoms with E-state index < -0.39 is 11.4 Å². The molecule has 1 heterocycles. The Kier molecular flexibility index (Phi) is 3.21. The number of rotatable bonds is 4. The molecule has 1 atom stereocenters. The number of aliphatic carboxylic acids is 1. The van der Waals surface area contributed by atoms with E-state index in [0.29, 0.717) is 11.8 Å². The van der Waals surface area contributed by atoms with Crippen molar-refractivity contribution in [1.29, 1.82) is 0 Å². The zero-order valence-electron chi connectivity index (χ0n) is 10.1. The van der Waals surface area contributed by atoms with Crippen LogP contribution in [0.4, 0.5) is 5.95 Å². The normalized spacial score (nSPS) is 15.1. The minimum absolute atomic E-state index is 0.00460. The number of nitrogens with zero attached hydrogens (tertiary/aromatic N) is 3. The van der Waals surface area contributed by atoms with Gasteiger partial charge in [0, 0.05) is 13.5 Å². The standard InChI is InChI=1S/C10H18N4O2/c1-6(2)10(3,8(15)16)5-7-12-9(11)14(4)13-7/h6H,5H2,1-4H3,(H,15,16)(H2,11,12,13). The molecule has 6 nitrogen and oxygen atoms in total. The highest BCUT2D eigenvalue weighted by atomic mass is 16.4. The van der Waals surface area contributed by atoms with Crippen molar-refractivity contribution in [1.82, 2.24) is 14.8 Å². The van der Waals surface area contributed by atoms with Crippen molar-refractivity contribution in [2.24, 2.45) is 18.4 Å². The van der Waals surface area contributed by atoms with E-state index in [9.17, 15) is 9.90 Å². The first kappa shape index (κ1) is 12.5. The number of hydrogen-bond acceptors (Lipinski definition) is 4. The lowest BCUT2D eigenvalue weighted by Gasteiger charge is -2.27. The molecule has 0 bridgehead atoms. The van der Waals surface area contributed by atoms with E-state index in [1.165, 1.54) is 4.68 Å². The Morgan fingerprint density at radius 3 is 2.50 bits per heavy atom. The first-order valence-corrected chi connectivity index (χ1v) is 5.16. The summed E-state index contributed by atoms with van der Waals surface area (Å²) in [5.41, 5.74) is 4.69. The molecule has 0 fully saturated rings. The van der Waals surface area contributed by atoms with Gasteiger partial charge in [-0.05, 0) is 12.8 Å². The number of carboxylic acids is 1. The maximum absolute atomic E-state index is 11.3. The topological polar surface area (TPSA) is 94.0 Å². The van der Waals surface area contributed by atoms with Crippen LogP contribution in [-0.2, 0) is 18.3 Å². The van der Waals surface area contributed by atoms with Gasteiger partial charge in [0.05, 0.1) is 5.41 Å². The van der Waals surface area contributed by atoms with Crippen LogP contribution < -0.4 is 5.73 Å². The molecule has 0 spiro atoms. The van der Waals surface area contributed by atoms with E-state index in [2.05, 4.69) is 10.1 Å². The van der Waals surface area contributed by atoms with Gasteiger partial charge in [-0.25, -0.2) is 4.68 Å². The first-order valence-electron chi connectivity index (χ1n) is 5.16. The molecule has 16 heavy (non-hydrogen) atoms. The monoisotopic (exact) mass is 226 g/mol. The Morgan fingerprint density at radius 2 is 2.19 bits per heavy atom. The van der Waals surface area contributed by atoms with Gasteiger partial charge in [0.25, 0.3) is 0 Å². The van der Waals surface area contributed by atoms with Gasteiger partial charge < -0.3 is 10.8 Å². The van der Waals surface area contributed by atoms with Gasteiger partial charge in [0.1, 0.15) is 0 Å². The van der Waals surface area contributed by atoms with Crippen LogP contribution in [-0.4, -0.2) is 25.8 Å². The molecular weight excluding hydrogens is 208 g/mol. The number of nitrogens with two attached hydrogens (primary N) is 1.